The minimum absolute atomic E-state index is 0.530. The van der Waals surface area contributed by atoms with Crippen LogP contribution in [-0.4, -0.2) is 32.3 Å². The molecule has 31 heavy (non-hydrogen) atoms. The van der Waals surface area contributed by atoms with Gasteiger partial charge in [-0.15, -0.1) is 6.58 Å². The van der Waals surface area contributed by atoms with Gasteiger partial charge in [0.25, 0.3) is 0 Å². The van der Waals surface area contributed by atoms with E-state index in [9.17, 15) is 0 Å². The molecule has 2 heteroatoms. The minimum atomic E-state index is 0.530. The molecular weight excluding hydrogens is 376 g/mol. The highest BCUT2D eigenvalue weighted by molar-refractivity contribution is 5.72. The van der Waals surface area contributed by atoms with E-state index in [1.807, 2.05) is 32.1 Å². The highest BCUT2D eigenvalue weighted by Gasteiger charge is 2.06. The molecule has 1 aromatic carbocycles. The summed E-state index contributed by atoms with van der Waals surface area (Å²) in [6, 6.07) is 6.54. The van der Waals surface area contributed by atoms with Crippen LogP contribution in [-0.2, 0) is 0 Å². The van der Waals surface area contributed by atoms with Crippen molar-refractivity contribution in [2.75, 3.05) is 20.6 Å². The molecule has 0 unspecified atom stereocenters. The van der Waals surface area contributed by atoms with Crippen molar-refractivity contribution >= 4 is 12.4 Å². The predicted octanol–water partition coefficient (Wildman–Crippen LogP) is 8.94. The summed E-state index contributed by atoms with van der Waals surface area (Å²) in [5.74, 6) is 0.530. The summed E-state index contributed by atoms with van der Waals surface area (Å²) in [6.07, 6.45) is 9.00. The minimum Gasteiger partial charge on any atom is -0.310 e. The Kier molecular flexibility index (Phi) is 21.7. The maximum Gasteiger partial charge on any atom is 0.0697 e. The Morgan fingerprint density at radius 2 is 1.58 bits per heavy atom. The van der Waals surface area contributed by atoms with Crippen molar-refractivity contribution in [1.82, 2.24) is 4.90 Å². The molecule has 0 bridgehead atoms. The molecule has 1 aromatic rings. The molecule has 0 atom stereocenters. The Hall–Kier alpha value is -1.93. The topological polar surface area (TPSA) is 15.6 Å². The van der Waals surface area contributed by atoms with Crippen LogP contribution in [0.3, 0.4) is 0 Å². The van der Waals surface area contributed by atoms with Gasteiger partial charge in [0.15, 0.2) is 0 Å². The first kappa shape index (κ1) is 33.7. The molecule has 178 valence electrons. The number of hydrogen-bond donors (Lipinski definition) is 0. The first-order valence-electron chi connectivity index (χ1n) is 11.5. The fourth-order valence-corrected chi connectivity index (χ4v) is 1.69. The normalized spacial score (nSPS) is 11.1. The van der Waals surface area contributed by atoms with E-state index >= 15 is 0 Å². The number of aliphatic imine (C=N–C) groups is 1. The molecule has 0 fully saturated rings. The lowest BCUT2D eigenvalue weighted by molar-refractivity contribution is 0.398. The van der Waals surface area contributed by atoms with E-state index in [1.54, 1.807) is 6.08 Å². The molecule has 0 radical (unpaired) electrons. The van der Waals surface area contributed by atoms with Gasteiger partial charge in [0, 0.05) is 5.56 Å². The van der Waals surface area contributed by atoms with Crippen LogP contribution in [0.1, 0.15) is 91.3 Å². The third-order valence-corrected chi connectivity index (χ3v) is 4.51. The lowest BCUT2D eigenvalue weighted by Gasteiger charge is -2.12. The van der Waals surface area contributed by atoms with Crippen molar-refractivity contribution in [2.45, 2.75) is 81.6 Å². The van der Waals surface area contributed by atoms with Gasteiger partial charge in [0.1, 0.15) is 0 Å². The number of nitrogens with zero attached hydrogens (tertiary/aromatic N) is 2. The van der Waals surface area contributed by atoms with Gasteiger partial charge >= 0.3 is 0 Å². The fraction of sp³-hybridized carbons (Fsp3) is 0.552. The van der Waals surface area contributed by atoms with Crippen molar-refractivity contribution in [3.05, 3.63) is 65.8 Å². The zero-order chi connectivity index (χ0) is 25.0. The number of hydrogen-bond acceptors (Lipinski definition) is 2. The highest BCUT2D eigenvalue weighted by Crippen LogP contribution is 2.25. The van der Waals surface area contributed by atoms with Crippen molar-refractivity contribution in [1.29, 1.82) is 0 Å². The predicted molar refractivity (Wildman–Crippen MR) is 147 cm³/mol. The van der Waals surface area contributed by atoms with Gasteiger partial charge < -0.3 is 4.90 Å². The molecule has 0 spiro atoms. The smallest absolute Gasteiger partial charge is 0.0697 e. The Morgan fingerprint density at radius 3 is 1.87 bits per heavy atom. The molecule has 0 heterocycles. The van der Waals surface area contributed by atoms with Crippen LogP contribution in [0.2, 0.25) is 0 Å². The molecular formula is C29H52N2. The SMILES string of the molecule is C=CC.C=N/C(=C\C=CC)c1cc(C(C)C)ccc1C.CCC(C)(C)C.CCN(C)C. The summed E-state index contributed by atoms with van der Waals surface area (Å²) < 4.78 is 0. The second-order valence-corrected chi connectivity index (χ2v) is 9.18. The van der Waals surface area contributed by atoms with Crippen LogP contribution in [0, 0.1) is 12.3 Å². The average Bonchev–Trinajstić information content (AvgIpc) is 2.70. The van der Waals surface area contributed by atoms with Crippen LogP contribution < -0.4 is 0 Å². The molecule has 0 saturated carbocycles. The van der Waals surface area contributed by atoms with E-state index in [4.69, 9.17) is 0 Å². The Morgan fingerprint density at radius 1 is 1.13 bits per heavy atom. The molecule has 1 rings (SSSR count). The lowest BCUT2D eigenvalue weighted by Crippen LogP contribution is -2.08. The average molecular weight is 429 g/mol. The third kappa shape index (κ3) is 21.1. The monoisotopic (exact) mass is 428 g/mol. The molecule has 0 N–H and O–H groups in total. The van der Waals surface area contributed by atoms with Crippen LogP contribution in [0.25, 0.3) is 5.70 Å². The summed E-state index contributed by atoms with van der Waals surface area (Å²) in [6.45, 7) is 29.6. The molecule has 0 aliphatic rings. The van der Waals surface area contributed by atoms with Gasteiger partial charge in [-0.3, -0.25) is 4.99 Å². The number of aryl methyl sites for hydroxylation is 1. The van der Waals surface area contributed by atoms with Gasteiger partial charge in [-0.05, 0) is 82.7 Å². The second kappa shape index (κ2) is 20.0. The van der Waals surface area contributed by atoms with Crippen LogP contribution >= 0.6 is 0 Å². The summed E-state index contributed by atoms with van der Waals surface area (Å²) in [5.41, 5.74) is 5.21. The Bertz CT molecular complexity index is 641. The lowest BCUT2D eigenvalue weighted by atomic mass is 9.94. The summed E-state index contributed by atoms with van der Waals surface area (Å²) >= 11 is 0. The first-order valence-corrected chi connectivity index (χ1v) is 11.5. The standard InChI is InChI=1S/C16H21N.C6H14.C4H11N.C3H6/c1-6-7-8-16(17-5)15-11-14(12(2)3)10-9-13(15)4;1-5-6(2,3)4;1-4-5(2)3;1-3-2/h6-12H,5H2,1-4H3;5H2,1-4H3;4H2,1-3H3;3H,1H2,2H3/b7-6?,16-8-;;;. The Balaban J connectivity index is -0.000000459. The third-order valence-electron chi connectivity index (χ3n) is 4.51. The van der Waals surface area contributed by atoms with E-state index in [1.165, 1.54) is 23.1 Å². The molecule has 0 saturated heterocycles. The summed E-state index contributed by atoms with van der Waals surface area (Å²) in [7, 11) is 4.11. The van der Waals surface area contributed by atoms with Crippen LogP contribution in [0.4, 0.5) is 0 Å². The number of benzene rings is 1. The van der Waals surface area contributed by atoms with Crippen molar-refractivity contribution in [2.24, 2.45) is 10.4 Å². The van der Waals surface area contributed by atoms with Gasteiger partial charge in [-0.1, -0.05) is 85.2 Å². The van der Waals surface area contributed by atoms with Gasteiger partial charge in [-0.25, -0.2) is 0 Å². The molecule has 2 nitrogen and oxygen atoms in total. The molecule has 0 aromatic heterocycles. The summed E-state index contributed by atoms with van der Waals surface area (Å²) in [5, 5.41) is 0. The summed E-state index contributed by atoms with van der Waals surface area (Å²) in [4.78, 5) is 6.24. The van der Waals surface area contributed by atoms with E-state index in [0.29, 0.717) is 11.3 Å². The molecule has 0 amide bonds. The fourth-order valence-electron chi connectivity index (χ4n) is 1.69. The highest BCUT2D eigenvalue weighted by atomic mass is 15.0. The van der Waals surface area contributed by atoms with Crippen molar-refractivity contribution in [3.63, 3.8) is 0 Å². The number of rotatable bonds is 5. The Labute approximate surface area is 195 Å². The number of allylic oxidation sites excluding steroid dienone is 4. The zero-order valence-corrected chi connectivity index (χ0v) is 22.8. The maximum absolute atomic E-state index is 4.12. The van der Waals surface area contributed by atoms with Gasteiger partial charge in [0.05, 0.1) is 5.70 Å². The van der Waals surface area contributed by atoms with E-state index < -0.39 is 0 Å². The van der Waals surface area contributed by atoms with Crippen molar-refractivity contribution < 1.29 is 0 Å². The molecule has 0 aliphatic heterocycles. The second-order valence-electron chi connectivity index (χ2n) is 9.18. The maximum atomic E-state index is 4.12. The van der Waals surface area contributed by atoms with E-state index in [0.717, 1.165) is 12.2 Å². The quantitative estimate of drug-likeness (QED) is 0.259. The van der Waals surface area contributed by atoms with Gasteiger partial charge in [0.2, 0.25) is 0 Å². The first-order chi connectivity index (χ1) is 14.3. The molecule has 0 aliphatic carbocycles. The van der Waals surface area contributed by atoms with E-state index in [2.05, 4.69) is 111 Å². The zero-order valence-electron chi connectivity index (χ0n) is 22.8. The van der Waals surface area contributed by atoms with Crippen molar-refractivity contribution in [3.8, 4) is 0 Å². The van der Waals surface area contributed by atoms with E-state index in [-0.39, 0.29) is 0 Å². The van der Waals surface area contributed by atoms with Gasteiger partial charge in [-0.2, -0.15) is 0 Å². The van der Waals surface area contributed by atoms with Crippen LogP contribution in [0.15, 0.2) is 54.1 Å². The van der Waals surface area contributed by atoms with Crippen LogP contribution in [0.5, 0.6) is 0 Å². The largest absolute Gasteiger partial charge is 0.310 e.